The van der Waals surface area contributed by atoms with Crippen LogP contribution in [0.4, 0.5) is 0 Å². The maximum absolute atomic E-state index is 5.55. The van der Waals surface area contributed by atoms with Crippen LogP contribution in [0.25, 0.3) is 0 Å². The summed E-state index contributed by atoms with van der Waals surface area (Å²) in [5, 5.41) is 9.40. The first-order valence-electron chi connectivity index (χ1n) is 10.2. The zero-order chi connectivity index (χ0) is 19.2. The molecule has 0 bridgehead atoms. The number of fused-ring (bicyclic) bond motifs is 1. The predicted molar refractivity (Wildman–Crippen MR) is 132 cm³/mol. The zero-order valence-corrected chi connectivity index (χ0v) is 20.1. The van der Waals surface area contributed by atoms with Gasteiger partial charge in [-0.3, -0.25) is 9.89 Å². The van der Waals surface area contributed by atoms with Gasteiger partial charge in [-0.1, -0.05) is 30.3 Å². The summed E-state index contributed by atoms with van der Waals surface area (Å²) in [6, 6.07) is 14.0. The van der Waals surface area contributed by atoms with E-state index in [-0.39, 0.29) is 24.0 Å². The van der Waals surface area contributed by atoms with Crippen molar-refractivity contribution in [2.45, 2.75) is 31.3 Å². The van der Waals surface area contributed by atoms with Gasteiger partial charge in [0.2, 0.25) is 0 Å². The largest absolute Gasteiger partial charge is 0.379 e. The third-order valence-electron chi connectivity index (χ3n) is 5.73. The number of thiophene rings is 1. The summed E-state index contributed by atoms with van der Waals surface area (Å²) < 4.78 is 5.55. The normalized spacial score (nSPS) is 21.0. The fourth-order valence-corrected chi connectivity index (χ4v) is 5.04. The Hall–Kier alpha value is -1.16. The highest BCUT2D eigenvalue weighted by Gasteiger charge is 2.24. The number of nitrogens with one attached hydrogen (secondary N) is 2. The number of hydrogen-bond donors (Lipinski definition) is 2. The van der Waals surface area contributed by atoms with E-state index in [1.165, 1.54) is 16.0 Å². The van der Waals surface area contributed by atoms with Gasteiger partial charge in [-0.15, -0.1) is 35.3 Å². The second-order valence-electron chi connectivity index (χ2n) is 7.49. The van der Waals surface area contributed by atoms with Crippen molar-refractivity contribution >= 4 is 41.3 Å². The van der Waals surface area contributed by atoms with Crippen LogP contribution in [0.5, 0.6) is 0 Å². The molecular weight excluding hydrogens is 495 g/mol. The summed E-state index contributed by atoms with van der Waals surface area (Å²) in [6.07, 6.45) is 3.35. The van der Waals surface area contributed by atoms with E-state index in [1.807, 2.05) is 18.4 Å². The Morgan fingerprint density at radius 3 is 2.72 bits per heavy atom. The van der Waals surface area contributed by atoms with Crippen LogP contribution >= 0.6 is 35.3 Å². The van der Waals surface area contributed by atoms with Crippen molar-refractivity contribution in [2.75, 3.05) is 39.9 Å². The maximum atomic E-state index is 5.55. The third kappa shape index (κ3) is 5.93. The number of aliphatic imine (C=N–C) groups is 1. The Balaban J connectivity index is 0.00000240. The summed E-state index contributed by atoms with van der Waals surface area (Å²) in [4.78, 5) is 8.41. The molecule has 1 fully saturated rings. The molecule has 1 aromatic carbocycles. The smallest absolute Gasteiger partial charge is 0.191 e. The van der Waals surface area contributed by atoms with Crippen molar-refractivity contribution in [3.05, 3.63) is 57.8 Å². The predicted octanol–water partition coefficient (Wildman–Crippen LogP) is 3.46. The Morgan fingerprint density at radius 1 is 1.21 bits per heavy atom. The van der Waals surface area contributed by atoms with Gasteiger partial charge in [0.05, 0.1) is 19.3 Å². The van der Waals surface area contributed by atoms with Gasteiger partial charge in [0.25, 0.3) is 0 Å². The van der Waals surface area contributed by atoms with Crippen LogP contribution in [0.15, 0.2) is 46.8 Å². The molecule has 1 saturated heterocycles. The van der Waals surface area contributed by atoms with E-state index in [2.05, 4.69) is 62.3 Å². The summed E-state index contributed by atoms with van der Waals surface area (Å²) in [5.41, 5.74) is 2.96. The van der Waals surface area contributed by atoms with Crippen molar-refractivity contribution in [3.63, 3.8) is 0 Å². The molecule has 2 N–H and O–H groups in total. The Labute approximate surface area is 195 Å². The minimum absolute atomic E-state index is 0. The van der Waals surface area contributed by atoms with E-state index in [0.29, 0.717) is 12.1 Å². The lowest BCUT2D eigenvalue weighted by Crippen LogP contribution is -2.49. The molecule has 2 aromatic rings. The third-order valence-corrected chi connectivity index (χ3v) is 6.71. The van der Waals surface area contributed by atoms with Gasteiger partial charge in [0.1, 0.15) is 0 Å². The first kappa shape index (κ1) is 22.5. The van der Waals surface area contributed by atoms with Gasteiger partial charge in [-0.2, -0.15) is 0 Å². The summed E-state index contributed by atoms with van der Waals surface area (Å²) in [6.45, 7) is 4.45. The molecule has 0 radical (unpaired) electrons. The first-order valence-corrected chi connectivity index (χ1v) is 11.1. The van der Waals surface area contributed by atoms with Crippen LogP contribution in [0.1, 0.15) is 28.5 Å². The van der Waals surface area contributed by atoms with E-state index in [1.54, 1.807) is 0 Å². The summed E-state index contributed by atoms with van der Waals surface area (Å²) >= 11 is 1.83. The van der Waals surface area contributed by atoms with E-state index >= 15 is 0 Å². The van der Waals surface area contributed by atoms with Gasteiger partial charge in [-0.25, -0.2) is 0 Å². The van der Waals surface area contributed by atoms with Gasteiger partial charge < -0.3 is 15.4 Å². The molecule has 2 unspecified atom stereocenters. The van der Waals surface area contributed by atoms with Crippen LogP contribution in [0.2, 0.25) is 0 Å². The molecule has 2 atom stereocenters. The quantitative estimate of drug-likeness (QED) is 0.356. The highest BCUT2D eigenvalue weighted by molar-refractivity contribution is 14.0. The molecule has 5 nitrogen and oxygen atoms in total. The van der Waals surface area contributed by atoms with Crippen molar-refractivity contribution < 1.29 is 4.74 Å². The Morgan fingerprint density at radius 2 is 2.00 bits per heavy atom. The summed E-state index contributed by atoms with van der Waals surface area (Å²) in [7, 11) is 1.86. The second-order valence-corrected chi connectivity index (χ2v) is 8.46. The van der Waals surface area contributed by atoms with Gasteiger partial charge in [0.15, 0.2) is 5.96 Å². The Kier molecular flexibility index (Phi) is 8.77. The van der Waals surface area contributed by atoms with Gasteiger partial charge >= 0.3 is 0 Å². The van der Waals surface area contributed by atoms with Crippen LogP contribution < -0.4 is 10.6 Å². The molecule has 0 amide bonds. The maximum Gasteiger partial charge on any atom is 0.191 e. The monoisotopic (exact) mass is 526 g/mol. The minimum Gasteiger partial charge on any atom is -0.379 e. The topological polar surface area (TPSA) is 48.9 Å². The van der Waals surface area contributed by atoms with Crippen molar-refractivity contribution in [1.29, 1.82) is 0 Å². The molecule has 158 valence electrons. The van der Waals surface area contributed by atoms with Crippen molar-refractivity contribution in [2.24, 2.45) is 4.99 Å². The average Bonchev–Trinajstić information content (AvgIpc) is 3.28. The number of nitrogens with zero attached hydrogens (tertiary/aromatic N) is 2. The number of guanidine groups is 1. The highest BCUT2D eigenvalue weighted by atomic mass is 127. The second kappa shape index (κ2) is 11.3. The molecular formula is C22H31IN4OS. The van der Waals surface area contributed by atoms with Crippen LogP contribution in [0.3, 0.4) is 0 Å². The average molecular weight is 526 g/mol. The van der Waals surface area contributed by atoms with Crippen LogP contribution in [-0.2, 0) is 17.6 Å². The number of morpholine rings is 1. The van der Waals surface area contributed by atoms with E-state index in [9.17, 15) is 0 Å². The lowest BCUT2D eigenvalue weighted by Gasteiger charge is -2.34. The SMILES string of the molecule is CN=C(NCC(c1cccs1)N1CCOCC1)NC1CCc2ccccc2C1.I. The minimum atomic E-state index is 0. The van der Waals surface area contributed by atoms with Gasteiger partial charge in [-0.05, 0) is 41.8 Å². The first-order chi connectivity index (χ1) is 13.8. The molecule has 7 heteroatoms. The van der Waals surface area contributed by atoms with Crippen molar-refractivity contribution in [1.82, 2.24) is 15.5 Å². The lowest BCUT2D eigenvalue weighted by atomic mass is 9.88. The van der Waals surface area contributed by atoms with Gasteiger partial charge in [0, 0.05) is 37.6 Å². The lowest BCUT2D eigenvalue weighted by molar-refractivity contribution is 0.0177. The summed E-state index contributed by atoms with van der Waals surface area (Å²) in [5.74, 6) is 0.902. The number of hydrogen-bond acceptors (Lipinski definition) is 4. The molecule has 0 saturated carbocycles. The van der Waals surface area contributed by atoms with Crippen LogP contribution in [-0.4, -0.2) is 56.8 Å². The molecule has 1 aromatic heterocycles. The molecule has 2 aliphatic rings. The number of halogens is 1. The molecule has 4 rings (SSSR count). The standard InChI is InChI=1S/C22H30N4OS.HI/c1-23-22(25-19-9-8-17-5-2-3-6-18(17)15-19)24-16-20(21-7-4-14-28-21)26-10-12-27-13-11-26;/h2-7,14,19-20H,8-13,15-16H2,1H3,(H2,23,24,25);1H. The molecule has 1 aliphatic heterocycles. The fraction of sp³-hybridized carbons (Fsp3) is 0.500. The van der Waals surface area contributed by atoms with E-state index < -0.39 is 0 Å². The number of rotatable bonds is 5. The number of benzene rings is 1. The Bertz CT molecular complexity index is 777. The number of ether oxygens (including phenoxy) is 1. The molecule has 2 heterocycles. The zero-order valence-electron chi connectivity index (χ0n) is 17.0. The molecule has 0 spiro atoms. The van der Waals surface area contributed by atoms with Crippen molar-refractivity contribution in [3.8, 4) is 0 Å². The van der Waals surface area contributed by atoms with Crippen LogP contribution in [0, 0.1) is 0 Å². The number of aryl methyl sites for hydroxylation is 1. The fourth-order valence-electron chi connectivity index (χ4n) is 4.18. The molecule has 29 heavy (non-hydrogen) atoms. The molecule has 1 aliphatic carbocycles. The highest BCUT2D eigenvalue weighted by Crippen LogP contribution is 2.25. The van der Waals surface area contributed by atoms with E-state index in [4.69, 9.17) is 4.74 Å². The van der Waals surface area contributed by atoms with E-state index in [0.717, 1.165) is 58.1 Å².